The molecule has 0 saturated heterocycles. The molecule has 88 valence electrons. The summed E-state index contributed by atoms with van der Waals surface area (Å²) in [5.74, 6) is 5.16. The molecule has 1 aromatic rings. The third kappa shape index (κ3) is 3.52. The number of ether oxygens (including phenoxy) is 1. The first-order valence-electron chi connectivity index (χ1n) is 4.85. The minimum absolute atomic E-state index is 0.268. The molecule has 16 heavy (non-hydrogen) atoms. The van der Waals surface area contributed by atoms with E-state index in [1.807, 2.05) is 13.8 Å². The number of hydrogen-bond donors (Lipinski definition) is 2. The number of rotatable bonds is 5. The van der Waals surface area contributed by atoms with Gasteiger partial charge in [-0.1, -0.05) is 0 Å². The summed E-state index contributed by atoms with van der Waals surface area (Å²) >= 11 is 0. The van der Waals surface area contributed by atoms with Gasteiger partial charge < -0.3 is 15.3 Å². The van der Waals surface area contributed by atoms with Crippen LogP contribution in [-0.4, -0.2) is 18.1 Å². The molecular weight excluding hydrogens is 208 g/mol. The molecule has 0 fully saturated rings. The van der Waals surface area contributed by atoms with Gasteiger partial charge in [0.1, 0.15) is 18.0 Å². The Morgan fingerprint density at radius 1 is 1.31 bits per heavy atom. The molecule has 0 atom stereocenters. The molecule has 0 bridgehead atoms. The zero-order valence-electron chi connectivity index (χ0n) is 9.40. The fourth-order valence-electron chi connectivity index (χ4n) is 1.24. The second kappa shape index (κ2) is 4.96. The fraction of sp³-hybridized carbons (Fsp3) is 0.364. The van der Waals surface area contributed by atoms with Gasteiger partial charge in [0.25, 0.3) is 0 Å². The minimum Gasteiger partial charge on any atom is -0.485 e. The predicted molar refractivity (Wildman–Crippen MR) is 59.8 cm³/mol. The third-order valence-electron chi connectivity index (χ3n) is 1.96. The van der Waals surface area contributed by atoms with Crippen LogP contribution in [0.4, 0.5) is 0 Å². The maximum absolute atomic E-state index is 10.8. The molecule has 0 unspecified atom stereocenters. The van der Waals surface area contributed by atoms with Crippen molar-refractivity contribution in [2.45, 2.75) is 19.4 Å². The van der Waals surface area contributed by atoms with Gasteiger partial charge in [0.05, 0.1) is 0 Å². The SMILES string of the molecule is CC(C)(CON)Oc1ccc(C(N)=O)cc1. The Kier molecular flexibility index (Phi) is 3.87. The van der Waals surface area contributed by atoms with E-state index in [4.69, 9.17) is 16.4 Å². The lowest BCUT2D eigenvalue weighted by molar-refractivity contribution is -0.00397. The quantitative estimate of drug-likeness (QED) is 0.725. The van der Waals surface area contributed by atoms with Gasteiger partial charge in [-0.15, -0.1) is 0 Å². The molecule has 0 saturated carbocycles. The Balaban J connectivity index is 2.72. The van der Waals surface area contributed by atoms with Gasteiger partial charge in [-0.3, -0.25) is 4.79 Å². The second-order valence-electron chi connectivity index (χ2n) is 4.06. The van der Waals surface area contributed by atoms with Gasteiger partial charge >= 0.3 is 0 Å². The largest absolute Gasteiger partial charge is 0.485 e. The lowest BCUT2D eigenvalue weighted by Gasteiger charge is -2.25. The van der Waals surface area contributed by atoms with Crippen LogP contribution in [0.1, 0.15) is 24.2 Å². The van der Waals surface area contributed by atoms with Crippen molar-refractivity contribution in [2.24, 2.45) is 11.6 Å². The average Bonchev–Trinajstić information content (AvgIpc) is 2.17. The number of carbonyl (C=O) groups is 1. The lowest BCUT2D eigenvalue weighted by atomic mass is 10.1. The van der Waals surface area contributed by atoms with E-state index in [-0.39, 0.29) is 6.61 Å². The van der Waals surface area contributed by atoms with Crippen molar-refractivity contribution in [2.75, 3.05) is 6.61 Å². The normalized spacial score (nSPS) is 11.2. The van der Waals surface area contributed by atoms with Crippen molar-refractivity contribution in [3.63, 3.8) is 0 Å². The van der Waals surface area contributed by atoms with Gasteiger partial charge in [0.15, 0.2) is 0 Å². The van der Waals surface area contributed by atoms with Gasteiger partial charge in [0, 0.05) is 5.56 Å². The fourth-order valence-corrected chi connectivity index (χ4v) is 1.24. The molecule has 1 aromatic carbocycles. The molecule has 1 rings (SSSR count). The van der Waals surface area contributed by atoms with E-state index < -0.39 is 11.5 Å². The van der Waals surface area contributed by atoms with Crippen LogP contribution in [0.2, 0.25) is 0 Å². The highest BCUT2D eigenvalue weighted by molar-refractivity contribution is 5.92. The summed E-state index contributed by atoms with van der Waals surface area (Å²) in [4.78, 5) is 15.4. The molecule has 5 heteroatoms. The van der Waals surface area contributed by atoms with Crippen LogP contribution in [0.5, 0.6) is 5.75 Å². The molecule has 1 amide bonds. The Labute approximate surface area is 94.3 Å². The van der Waals surface area contributed by atoms with Crippen LogP contribution in [-0.2, 0) is 4.84 Å². The summed E-state index contributed by atoms with van der Waals surface area (Å²) in [6.07, 6.45) is 0. The number of nitrogens with two attached hydrogens (primary N) is 2. The highest BCUT2D eigenvalue weighted by Gasteiger charge is 2.19. The monoisotopic (exact) mass is 224 g/mol. The highest BCUT2D eigenvalue weighted by Crippen LogP contribution is 2.18. The Hall–Kier alpha value is -1.59. The van der Waals surface area contributed by atoms with E-state index in [1.54, 1.807) is 24.3 Å². The Morgan fingerprint density at radius 3 is 2.31 bits per heavy atom. The van der Waals surface area contributed by atoms with Crippen molar-refractivity contribution in [1.82, 2.24) is 0 Å². The topological polar surface area (TPSA) is 87.6 Å². The first-order chi connectivity index (χ1) is 7.44. The Morgan fingerprint density at radius 2 is 1.88 bits per heavy atom. The van der Waals surface area contributed by atoms with E-state index in [1.165, 1.54) is 0 Å². The maximum Gasteiger partial charge on any atom is 0.248 e. The van der Waals surface area contributed by atoms with Crippen molar-refractivity contribution < 1.29 is 14.4 Å². The number of amides is 1. The second-order valence-corrected chi connectivity index (χ2v) is 4.06. The standard InChI is InChI=1S/C11H16N2O3/c1-11(2,7-15-13)16-9-5-3-8(4-6-9)10(12)14/h3-6H,7,13H2,1-2H3,(H2,12,14). The van der Waals surface area contributed by atoms with Crippen LogP contribution >= 0.6 is 0 Å². The van der Waals surface area contributed by atoms with Gasteiger partial charge in [-0.25, -0.2) is 5.90 Å². The molecule has 0 heterocycles. The summed E-state index contributed by atoms with van der Waals surface area (Å²) in [5.41, 5.74) is 5.04. The van der Waals surface area contributed by atoms with Crippen LogP contribution in [0.15, 0.2) is 24.3 Å². The van der Waals surface area contributed by atoms with Crippen LogP contribution in [0, 0.1) is 0 Å². The molecule has 4 N–H and O–H groups in total. The van der Waals surface area contributed by atoms with E-state index in [9.17, 15) is 4.79 Å². The number of carbonyl (C=O) groups excluding carboxylic acids is 1. The Bertz CT molecular complexity index is 360. The molecule has 0 aromatic heterocycles. The zero-order chi connectivity index (χ0) is 12.2. The third-order valence-corrected chi connectivity index (χ3v) is 1.96. The molecule has 0 spiro atoms. The molecule has 0 aliphatic heterocycles. The van der Waals surface area contributed by atoms with Crippen molar-refractivity contribution in [3.8, 4) is 5.75 Å². The number of hydrogen-bond acceptors (Lipinski definition) is 4. The van der Waals surface area contributed by atoms with Gasteiger partial charge in [-0.05, 0) is 38.1 Å². The van der Waals surface area contributed by atoms with E-state index >= 15 is 0 Å². The lowest BCUT2D eigenvalue weighted by Crippen LogP contribution is -2.35. The number of benzene rings is 1. The highest BCUT2D eigenvalue weighted by atomic mass is 16.6. The van der Waals surface area contributed by atoms with E-state index in [0.29, 0.717) is 11.3 Å². The first kappa shape index (κ1) is 12.5. The van der Waals surface area contributed by atoms with Crippen molar-refractivity contribution in [1.29, 1.82) is 0 Å². The summed E-state index contributed by atoms with van der Waals surface area (Å²) in [5, 5.41) is 0. The molecule has 5 nitrogen and oxygen atoms in total. The van der Waals surface area contributed by atoms with Gasteiger partial charge in [-0.2, -0.15) is 0 Å². The zero-order valence-corrected chi connectivity index (χ0v) is 9.40. The first-order valence-corrected chi connectivity index (χ1v) is 4.85. The smallest absolute Gasteiger partial charge is 0.248 e. The van der Waals surface area contributed by atoms with E-state index in [0.717, 1.165) is 0 Å². The number of primary amides is 1. The van der Waals surface area contributed by atoms with Crippen molar-refractivity contribution >= 4 is 5.91 Å². The van der Waals surface area contributed by atoms with Crippen molar-refractivity contribution in [3.05, 3.63) is 29.8 Å². The van der Waals surface area contributed by atoms with E-state index in [2.05, 4.69) is 4.84 Å². The molecule has 0 radical (unpaired) electrons. The summed E-state index contributed by atoms with van der Waals surface area (Å²) in [6, 6.07) is 6.57. The summed E-state index contributed by atoms with van der Waals surface area (Å²) in [6.45, 7) is 3.97. The van der Waals surface area contributed by atoms with Crippen LogP contribution < -0.4 is 16.4 Å². The maximum atomic E-state index is 10.8. The van der Waals surface area contributed by atoms with Crippen LogP contribution in [0.25, 0.3) is 0 Å². The van der Waals surface area contributed by atoms with Crippen LogP contribution in [0.3, 0.4) is 0 Å². The minimum atomic E-state index is -0.525. The molecular formula is C11H16N2O3. The predicted octanol–water partition coefficient (Wildman–Crippen LogP) is 0.833. The van der Waals surface area contributed by atoms with Gasteiger partial charge in [0.2, 0.25) is 5.91 Å². The summed E-state index contributed by atoms with van der Waals surface area (Å²) in [7, 11) is 0. The average molecular weight is 224 g/mol. The molecule has 0 aliphatic carbocycles. The molecule has 0 aliphatic rings. The summed E-state index contributed by atoms with van der Waals surface area (Å²) < 4.78 is 5.62.